The van der Waals surface area contributed by atoms with Crippen molar-refractivity contribution in [3.63, 3.8) is 0 Å². The molecule has 21 heavy (non-hydrogen) atoms. The smallest absolute Gasteiger partial charge is 0.202 e. The summed E-state index contributed by atoms with van der Waals surface area (Å²) in [4.78, 5) is 29.3. The normalized spacial score (nSPS) is 19.8. The van der Waals surface area contributed by atoms with E-state index >= 15 is 0 Å². The zero-order valence-electron chi connectivity index (χ0n) is 11.7. The van der Waals surface area contributed by atoms with E-state index in [2.05, 4.69) is 15.3 Å². The summed E-state index contributed by atoms with van der Waals surface area (Å²) in [6.45, 7) is 1.89. The highest BCUT2D eigenvalue weighted by Crippen LogP contribution is 1.97. The van der Waals surface area contributed by atoms with Gasteiger partial charge < -0.3 is 40.6 Å². The lowest BCUT2D eigenvalue weighted by atomic mass is 10.2. The Morgan fingerprint density at radius 1 is 1.24 bits per heavy atom. The third kappa shape index (κ3) is 6.54. The number of guanidine groups is 2. The maximum Gasteiger partial charge on any atom is 0.202 e. The van der Waals surface area contributed by atoms with E-state index < -0.39 is 24.1 Å². The molecule has 0 aromatic carbocycles. The Bertz CT molecular complexity index is 431. The lowest BCUT2D eigenvalue weighted by Gasteiger charge is -2.21. The number of hydrogen-bond acceptors (Lipinski definition) is 11. The van der Waals surface area contributed by atoms with Crippen molar-refractivity contribution in [1.29, 1.82) is 0 Å². The average Bonchev–Trinajstić information content (AvgIpc) is 2.36. The van der Waals surface area contributed by atoms with Crippen LogP contribution in [0, 0.1) is 0 Å². The van der Waals surface area contributed by atoms with E-state index in [0.29, 0.717) is 5.96 Å². The molecule has 1 aliphatic heterocycles. The molecule has 1 heterocycles. The zero-order chi connectivity index (χ0) is 16.7. The van der Waals surface area contributed by atoms with Crippen molar-refractivity contribution in [2.75, 3.05) is 14.1 Å². The molecule has 120 valence electrons. The van der Waals surface area contributed by atoms with Crippen molar-refractivity contribution < 1.29 is 30.0 Å². The molecule has 0 bridgehead atoms. The van der Waals surface area contributed by atoms with Crippen LogP contribution in [0.25, 0.3) is 0 Å². The van der Waals surface area contributed by atoms with Crippen molar-refractivity contribution in [2.24, 2.45) is 15.7 Å². The number of rotatable bonds is 3. The lowest BCUT2D eigenvalue weighted by molar-refractivity contribution is -0.333. The fourth-order valence-electron chi connectivity index (χ4n) is 1.07. The molecule has 0 amide bonds. The minimum Gasteiger partial charge on any atom is -0.547 e. The number of carboxylic acids is 2. The van der Waals surface area contributed by atoms with Crippen LogP contribution >= 0.6 is 0 Å². The number of carbonyl (C=O) groups is 2. The first-order valence-corrected chi connectivity index (χ1v) is 5.69. The van der Waals surface area contributed by atoms with E-state index in [-0.39, 0.29) is 6.17 Å². The van der Waals surface area contributed by atoms with Crippen LogP contribution in [0.15, 0.2) is 9.98 Å². The van der Waals surface area contributed by atoms with Crippen LogP contribution in [0.2, 0.25) is 0 Å². The molecule has 0 fully saturated rings. The van der Waals surface area contributed by atoms with E-state index in [1.165, 1.54) is 0 Å². The molecule has 3 atom stereocenters. The second kappa shape index (κ2) is 8.01. The predicted molar refractivity (Wildman–Crippen MR) is 67.4 cm³/mol. The first-order chi connectivity index (χ1) is 9.56. The molecular formula is C10H17N5O6-2. The summed E-state index contributed by atoms with van der Waals surface area (Å²) in [6.07, 6.45) is -4.95. The summed E-state index contributed by atoms with van der Waals surface area (Å²) < 4.78 is 0. The fourth-order valence-corrected chi connectivity index (χ4v) is 1.07. The van der Waals surface area contributed by atoms with Gasteiger partial charge in [0.05, 0.1) is 11.9 Å². The van der Waals surface area contributed by atoms with Gasteiger partial charge in [0.15, 0.2) is 5.96 Å². The number of aliphatic hydroxyl groups is 2. The lowest BCUT2D eigenvalue weighted by Crippen LogP contribution is -2.51. The maximum atomic E-state index is 9.63. The molecule has 0 aromatic heterocycles. The summed E-state index contributed by atoms with van der Waals surface area (Å²) in [5.41, 5.74) is 5.48. The van der Waals surface area contributed by atoms with Gasteiger partial charge in [0.1, 0.15) is 18.4 Å². The maximum absolute atomic E-state index is 9.63. The molecule has 0 radical (unpaired) electrons. The van der Waals surface area contributed by atoms with E-state index in [1.807, 2.05) is 25.9 Å². The van der Waals surface area contributed by atoms with Gasteiger partial charge in [0.2, 0.25) is 5.96 Å². The summed E-state index contributed by atoms with van der Waals surface area (Å²) >= 11 is 0. The van der Waals surface area contributed by atoms with Crippen LogP contribution in [-0.2, 0) is 9.59 Å². The Hall–Kier alpha value is -2.40. The molecule has 0 saturated carbocycles. The zero-order valence-corrected chi connectivity index (χ0v) is 11.7. The number of carbonyl (C=O) groups excluding carboxylic acids is 2. The number of nitrogens with zero attached hydrogens (tertiary/aromatic N) is 3. The summed E-state index contributed by atoms with van der Waals surface area (Å²) in [6, 6.07) is 0. The molecule has 5 N–H and O–H groups in total. The van der Waals surface area contributed by atoms with E-state index in [9.17, 15) is 19.8 Å². The topological polar surface area (TPSA) is 187 Å². The van der Waals surface area contributed by atoms with Crippen LogP contribution < -0.4 is 21.3 Å². The number of nitrogens with two attached hydrogens (primary N) is 1. The summed E-state index contributed by atoms with van der Waals surface area (Å²) in [7, 11) is 3.80. The Morgan fingerprint density at radius 3 is 1.95 bits per heavy atom. The van der Waals surface area contributed by atoms with Gasteiger partial charge in [-0.25, -0.2) is 9.98 Å². The highest BCUT2D eigenvalue weighted by atomic mass is 16.4. The third-order valence-electron chi connectivity index (χ3n) is 2.08. The summed E-state index contributed by atoms with van der Waals surface area (Å²) in [5.74, 6) is -2.94. The second-order valence-electron chi connectivity index (χ2n) is 4.15. The van der Waals surface area contributed by atoms with Crippen molar-refractivity contribution in [2.45, 2.75) is 25.3 Å². The quantitative estimate of drug-likeness (QED) is 0.394. The molecule has 1 aliphatic rings. The van der Waals surface area contributed by atoms with Crippen molar-refractivity contribution in [3.8, 4) is 0 Å². The molecule has 3 unspecified atom stereocenters. The molecule has 11 nitrogen and oxygen atoms in total. The van der Waals surface area contributed by atoms with Gasteiger partial charge in [-0.15, -0.1) is 0 Å². The SMILES string of the molecule is CC1N=C(N)NC(N(C)C)=N1.O=C([O-])C(O)C(O)C(=O)[O-]. The van der Waals surface area contributed by atoms with Crippen LogP contribution in [0.3, 0.4) is 0 Å². The fraction of sp³-hybridized carbons (Fsp3) is 0.600. The number of carboxylic acid groups (broad SMARTS) is 2. The molecule has 1 rings (SSSR count). The minimum atomic E-state index is -2.44. The highest BCUT2D eigenvalue weighted by Gasteiger charge is 2.17. The molecular weight excluding hydrogens is 286 g/mol. The molecule has 0 saturated heterocycles. The number of aliphatic imine (C=N–C) groups is 2. The average molecular weight is 303 g/mol. The van der Waals surface area contributed by atoms with Crippen LogP contribution in [-0.4, -0.2) is 71.4 Å². The largest absolute Gasteiger partial charge is 0.547 e. The van der Waals surface area contributed by atoms with Crippen LogP contribution in [0.5, 0.6) is 0 Å². The second-order valence-corrected chi connectivity index (χ2v) is 4.15. The Kier molecular flexibility index (Phi) is 7.10. The van der Waals surface area contributed by atoms with Gasteiger partial charge in [-0.3, -0.25) is 5.32 Å². The van der Waals surface area contributed by atoms with Crippen molar-refractivity contribution in [1.82, 2.24) is 10.2 Å². The number of aliphatic carboxylic acids is 2. The van der Waals surface area contributed by atoms with Gasteiger partial charge in [0, 0.05) is 14.1 Å². The monoisotopic (exact) mass is 303 g/mol. The molecule has 0 aromatic rings. The van der Waals surface area contributed by atoms with E-state index in [4.69, 9.17) is 15.9 Å². The number of hydrogen-bond donors (Lipinski definition) is 4. The Labute approximate surface area is 120 Å². The van der Waals surface area contributed by atoms with Gasteiger partial charge in [-0.2, -0.15) is 0 Å². The van der Waals surface area contributed by atoms with E-state index in [1.54, 1.807) is 0 Å². The highest BCUT2D eigenvalue weighted by molar-refractivity contribution is 5.99. The van der Waals surface area contributed by atoms with Crippen molar-refractivity contribution >= 4 is 23.9 Å². The van der Waals surface area contributed by atoms with Gasteiger partial charge in [-0.1, -0.05) is 0 Å². The first-order valence-electron chi connectivity index (χ1n) is 5.69. The third-order valence-corrected chi connectivity index (χ3v) is 2.08. The van der Waals surface area contributed by atoms with E-state index in [0.717, 1.165) is 5.96 Å². The van der Waals surface area contributed by atoms with Crippen molar-refractivity contribution in [3.05, 3.63) is 0 Å². The Balaban J connectivity index is 0.000000384. The van der Waals surface area contributed by atoms with Crippen LogP contribution in [0.4, 0.5) is 0 Å². The summed E-state index contributed by atoms with van der Waals surface area (Å²) in [5, 5.41) is 38.6. The Morgan fingerprint density at radius 2 is 1.67 bits per heavy atom. The molecule has 11 heteroatoms. The van der Waals surface area contributed by atoms with Gasteiger partial charge in [-0.05, 0) is 6.92 Å². The molecule has 0 spiro atoms. The molecule has 0 aliphatic carbocycles. The minimum absolute atomic E-state index is 0.0753. The first kappa shape index (κ1) is 18.6. The van der Waals surface area contributed by atoms with Gasteiger partial charge >= 0.3 is 0 Å². The van der Waals surface area contributed by atoms with Gasteiger partial charge in [0.25, 0.3) is 0 Å². The number of aliphatic hydroxyl groups excluding tert-OH is 2. The standard InChI is InChI=1S/C6H13N5.C4H6O6/c1-4-8-5(7)10-6(9-4)11(2)3;5-1(3(7)8)2(6)4(9)10/h4H,1-3H3,(H3,7,8,9,10);1-2,5-6H,(H,7,8)(H,9,10)/p-2. The predicted octanol–water partition coefficient (Wildman–Crippen LogP) is -5.62. The van der Waals surface area contributed by atoms with Crippen LogP contribution in [0.1, 0.15) is 6.92 Å². The number of nitrogens with one attached hydrogen (secondary N) is 1.